The molecule has 0 radical (unpaired) electrons. The van der Waals surface area contributed by atoms with Crippen LogP contribution < -0.4 is 19.7 Å². The van der Waals surface area contributed by atoms with Gasteiger partial charge in [-0.25, -0.2) is 0 Å². The first kappa shape index (κ1) is 18.8. The lowest BCUT2D eigenvalue weighted by atomic mass is 10.1. The number of benzene rings is 2. The third-order valence-corrected chi connectivity index (χ3v) is 4.78. The van der Waals surface area contributed by atoms with Crippen molar-refractivity contribution in [1.29, 1.82) is 0 Å². The van der Waals surface area contributed by atoms with E-state index in [1.54, 1.807) is 25.2 Å². The van der Waals surface area contributed by atoms with E-state index in [-0.39, 0.29) is 24.2 Å². The highest BCUT2D eigenvalue weighted by Gasteiger charge is 2.35. The van der Waals surface area contributed by atoms with Gasteiger partial charge in [0.1, 0.15) is 0 Å². The molecule has 6 heteroatoms. The van der Waals surface area contributed by atoms with Crippen LogP contribution in [0.1, 0.15) is 17.5 Å². The van der Waals surface area contributed by atoms with Gasteiger partial charge in [0.05, 0.1) is 20.1 Å². The molecule has 1 unspecified atom stereocenters. The Morgan fingerprint density at radius 2 is 1.89 bits per heavy atom. The fourth-order valence-electron chi connectivity index (χ4n) is 3.28. The quantitative estimate of drug-likeness (QED) is 0.851. The fourth-order valence-corrected chi connectivity index (χ4v) is 3.28. The number of nitrogens with one attached hydrogen (secondary N) is 1. The topological polar surface area (TPSA) is 67.9 Å². The summed E-state index contributed by atoms with van der Waals surface area (Å²) in [7, 11) is 3.14. The van der Waals surface area contributed by atoms with Crippen LogP contribution in [0.5, 0.6) is 11.5 Å². The minimum atomic E-state index is -0.365. The van der Waals surface area contributed by atoms with E-state index >= 15 is 0 Å². The number of carbonyl (C=O) groups is 2. The monoisotopic (exact) mass is 368 g/mol. The zero-order valence-corrected chi connectivity index (χ0v) is 15.8. The first-order valence-electron chi connectivity index (χ1n) is 8.88. The van der Waals surface area contributed by atoms with Crippen LogP contribution >= 0.6 is 0 Å². The molecule has 1 saturated heterocycles. The van der Waals surface area contributed by atoms with Gasteiger partial charge in [0.25, 0.3) is 0 Å². The summed E-state index contributed by atoms with van der Waals surface area (Å²) >= 11 is 0. The van der Waals surface area contributed by atoms with Gasteiger partial charge in [-0.15, -0.1) is 0 Å². The van der Waals surface area contributed by atoms with E-state index in [0.29, 0.717) is 24.6 Å². The molecule has 1 fully saturated rings. The number of hydrogen-bond acceptors (Lipinski definition) is 4. The first-order chi connectivity index (χ1) is 13.0. The van der Waals surface area contributed by atoms with Crippen molar-refractivity contribution in [2.45, 2.75) is 19.9 Å². The van der Waals surface area contributed by atoms with E-state index in [1.165, 1.54) is 0 Å². The third kappa shape index (κ3) is 4.05. The van der Waals surface area contributed by atoms with Gasteiger partial charge in [0, 0.05) is 30.8 Å². The minimum Gasteiger partial charge on any atom is -0.493 e. The lowest BCUT2D eigenvalue weighted by Gasteiger charge is -2.17. The van der Waals surface area contributed by atoms with E-state index in [1.807, 2.05) is 43.3 Å². The molecule has 0 saturated carbocycles. The molecule has 142 valence electrons. The molecule has 6 nitrogen and oxygen atoms in total. The Morgan fingerprint density at radius 3 is 2.56 bits per heavy atom. The van der Waals surface area contributed by atoms with E-state index in [9.17, 15) is 9.59 Å². The molecular formula is C21H24N2O4. The number of nitrogens with zero attached hydrogens (tertiary/aromatic N) is 1. The van der Waals surface area contributed by atoms with Crippen molar-refractivity contribution in [2.75, 3.05) is 25.7 Å². The fraction of sp³-hybridized carbons (Fsp3) is 0.333. The Balaban J connectivity index is 1.64. The molecule has 0 aromatic heterocycles. The average molecular weight is 368 g/mol. The summed E-state index contributed by atoms with van der Waals surface area (Å²) < 4.78 is 10.7. The summed E-state index contributed by atoms with van der Waals surface area (Å²) in [5.41, 5.74) is 2.78. The number of methoxy groups -OCH3 is 2. The largest absolute Gasteiger partial charge is 0.493 e. The molecule has 1 N–H and O–H groups in total. The van der Waals surface area contributed by atoms with Crippen molar-refractivity contribution in [2.24, 2.45) is 5.92 Å². The summed E-state index contributed by atoms with van der Waals surface area (Å²) in [6.45, 7) is 2.70. The molecule has 2 aromatic rings. The predicted molar refractivity (Wildman–Crippen MR) is 103 cm³/mol. The van der Waals surface area contributed by atoms with Gasteiger partial charge in [-0.1, -0.05) is 29.8 Å². The number of rotatable bonds is 6. The molecule has 27 heavy (non-hydrogen) atoms. The van der Waals surface area contributed by atoms with E-state index in [2.05, 4.69) is 5.32 Å². The number of para-hydroxylation sites is 1. The summed E-state index contributed by atoms with van der Waals surface area (Å²) in [6, 6.07) is 13.3. The average Bonchev–Trinajstić information content (AvgIpc) is 3.08. The molecule has 1 heterocycles. The van der Waals surface area contributed by atoms with Crippen LogP contribution in [0.2, 0.25) is 0 Å². The predicted octanol–water partition coefficient (Wildman–Crippen LogP) is 2.68. The molecule has 1 aliphatic heterocycles. The minimum absolute atomic E-state index is 0.0297. The molecule has 0 aliphatic carbocycles. The number of aryl methyl sites for hydroxylation is 1. The van der Waals surface area contributed by atoms with Crippen LogP contribution in [-0.2, 0) is 16.1 Å². The zero-order valence-electron chi connectivity index (χ0n) is 15.8. The summed E-state index contributed by atoms with van der Waals surface area (Å²) in [6.07, 6.45) is 0.217. The van der Waals surface area contributed by atoms with Crippen molar-refractivity contribution < 1.29 is 19.1 Å². The Hall–Kier alpha value is -3.02. The van der Waals surface area contributed by atoms with Gasteiger partial charge in [-0.05, 0) is 25.1 Å². The Bertz CT molecular complexity index is 833. The van der Waals surface area contributed by atoms with E-state index in [0.717, 1.165) is 16.8 Å². The van der Waals surface area contributed by atoms with Gasteiger partial charge in [0.15, 0.2) is 11.5 Å². The molecule has 0 spiro atoms. The maximum atomic E-state index is 12.6. The second-order valence-corrected chi connectivity index (χ2v) is 6.61. The molecule has 2 aromatic carbocycles. The highest BCUT2D eigenvalue weighted by Crippen LogP contribution is 2.31. The third-order valence-electron chi connectivity index (χ3n) is 4.78. The molecule has 1 aliphatic rings. The van der Waals surface area contributed by atoms with Gasteiger partial charge >= 0.3 is 0 Å². The first-order valence-corrected chi connectivity index (χ1v) is 8.88. The van der Waals surface area contributed by atoms with Crippen LogP contribution in [0.4, 0.5) is 5.69 Å². The van der Waals surface area contributed by atoms with Crippen LogP contribution in [0.3, 0.4) is 0 Å². The van der Waals surface area contributed by atoms with Crippen LogP contribution in [0.15, 0.2) is 42.5 Å². The van der Waals surface area contributed by atoms with Crippen molar-refractivity contribution in [3.63, 3.8) is 0 Å². The van der Waals surface area contributed by atoms with Gasteiger partial charge in [0.2, 0.25) is 11.8 Å². The van der Waals surface area contributed by atoms with Crippen molar-refractivity contribution in [3.8, 4) is 11.5 Å². The highest BCUT2D eigenvalue weighted by atomic mass is 16.5. The normalized spacial score (nSPS) is 16.3. The second-order valence-electron chi connectivity index (χ2n) is 6.61. The molecule has 2 amide bonds. The molecule has 3 rings (SSSR count). The number of hydrogen-bond donors (Lipinski definition) is 1. The van der Waals surface area contributed by atoms with Crippen LogP contribution in [-0.4, -0.2) is 32.6 Å². The van der Waals surface area contributed by atoms with E-state index in [4.69, 9.17) is 9.47 Å². The van der Waals surface area contributed by atoms with Gasteiger partial charge in [-0.2, -0.15) is 0 Å². The van der Waals surface area contributed by atoms with Crippen molar-refractivity contribution >= 4 is 17.5 Å². The van der Waals surface area contributed by atoms with Gasteiger partial charge in [-0.3, -0.25) is 9.59 Å². The van der Waals surface area contributed by atoms with E-state index < -0.39 is 0 Å². The molecular weight excluding hydrogens is 344 g/mol. The second kappa shape index (κ2) is 8.12. The maximum Gasteiger partial charge on any atom is 0.227 e. The lowest BCUT2D eigenvalue weighted by molar-refractivity contribution is -0.126. The van der Waals surface area contributed by atoms with Crippen molar-refractivity contribution in [3.05, 3.63) is 53.6 Å². The Morgan fingerprint density at radius 1 is 1.15 bits per heavy atom. The lowest BCUT2D eigenvalue weighted by Crippen LogP contribution is -2.32. The number of ether oxygens (including phenoxy) is 2. The van der Waals surface area contributed by atoms with Gasteiger partial charge < -0.3 is 19.7 Å². The summed E-state index contributed by atoms with van der Waals surface area (Å²) in [5.74, 6) is 0.686. The standard InChI is InChI=1S/C21H24N2O4/c1-14-7-9-17(10-8-14)23-13-16(11-19(23)24)21(25)22-12-15-5-4-6-18(26-2)20(15)27-3/h4-10,16H,11-13H2,1-3H3,(H,22,25). The SMILES string of the molecule is COc1cccc(CNC(=O)C2CC(=O)N(c3ccc(C)cc3)C2)c1OC. The Labute approximate surface area is 159 Å². The zero-order chi connectivity index (χ0) is 19.4. The summed E-state index contributed by atoms with van der Waals surface area (Å²) in [4.78, 5) is 26.6. The summed E-state index contributed by atoms with van der Waals surface area (Å²) in [5, 5.41) is 2.92. The number of carbonyl (C=O) groups excluding carboxylic acids is 2. The smallest absolute Gasteiger partial charge is 0.227 e. The van der Waals surface area contributed by atoms with Crippen molar-refractivity contribution in [1.82, 2.24) is 5.32 Å². The number of anilines is 1. The molecule has 1 atom stereocenters. The van der Waals surface area contributed by atoms with Crippen LogP contribution in [0, 0.1) is 12.8 Å². The Kier molecular flexibility index (Phi) is 5.64. The highest BCUT2D eigenvalue weighted by molar-refractivity contribution is 6.00. The number of amides is 2. The maximum absolute atomic E-state index is 12.6. The molecule has 0 bridgehead atoms. The van der Waals surface area contributed by atoms with Crippen LogP contribution in [0.25, 0.3) is 0 Å².